The summed E-state index contributed by atoms with van der Waals surface area (Å²) in [5, 5.41) is 0. The minimum atomic E-state index is 0.782. The van der Waals surface area contributed by atoms with Crippen molar-refractivity contribution in [2.75, 3.05) is 6.61 Å². The van der Waals surface area contributed by atoms with Gasteiger partial charge in [-0.25, -0.2) is 0 Å². The Morgan fingerprint density at radius 3 is 2.13 bits per heavy atom. The van der Waals surface area contributed by atoms with Crippen molar-refractivity contribution < 1.29 is 4.74 Å². The molecule has 1 heterocycles. The van der Waals surface area contributed by atoms with Crippen molar-refractivity contribution in [2.45, 2.75) is 90.9 Å². The summed E-state index contributed by atoms with van der Waals surface area (Å²) in [6.45, 7) is 5.30. The van der Waals surface area contributed by atoms with Crippen LogP contribution < -0.4 is 4.74 Å². The molecule has 1 aliphatic rings. The van der Waals surface area contributed by atoms with Crippen LogP contribution in [0.5, 0.6) is 5.75 Å². The molecule has 0 unspecified atom stereocenters. The first-order valence-electron chi connectivity index (χ1n) is 12.5. The van der Waals surface area contributed by atoms with Gasteiger partial charge in [-0.2, -0.15) is 0 Å². The number of aryl methyl sites for hydroxylation is 1. The number of hydrogen-bond acceptors (Lipinski definition) is 2. The van der Waals surface area contributed by atoms with Crippen LogP contribution in [0.1, 0.15) is 90.0 Å². The molecule has 0 spiro atoms. The van der Waals surface area contributed by atoms with E-state index in [0.29, 0.717) is 0 Å². The summed E-state index contributed by atoms with van der Waals surface area (Å²) in [4.78, 5) is 4.60. The minimum Gasteiger partial charge on any atom is -0.492 e. The molecule has 0 bridgehead atoms. The molecule has 1 fully saturated rings. The standard InChI is InChI=1S/C28H41NO/c1-3-5-7-21-30-27-19-20-28(29-22-27)26-17-15-25(16-18-26)14-13-24-11-9-23(10-12-24)8-6-4-2/h15-20,22-24H,3-14,21H2,1-2H3. The molecule has 1 aromatic heterocycles. The average Bonchev–Trinajstić information content (AvgIpc) is 2.81. The Balaban J connectivity index is 1.41. The van der Waals surface area contributed by atoms with Gasteiger partial charge in [0, 0.05) is 5.56 Å². The van der Waals surface area contributed by atoms with Crippen LogP contribution in [0, 0.1) is 11.8 Å². The van der Waals surface area contributed by atoms with E-state index < -0.39 is 0 Å². The van der Waals surface area contributed by atoms with Crippen molar-refractivity contribution >= 4 is 0 Å². The minimum absolute atomic E-state index is 0.782. The van der Waals surface area contributed by atoms with Gasteiger partial charge in [0.05, 0.1) is 18.5 Å². The quantitative estimate of drug-likeness (QED) is 0.330. The predicted octanol–water partition coefficient (Wildman–Crippen LogP) is 8.25. The Kier molecular flexibility index (Phi) is 9.73. The lowest BCUT2D eigenvalue weighted by Crippen LogP contribution is -2.15. The van der Waals surface area contributed by atoms with E-state index in [1.807, 2.05) is 12.3 Å². The lowest BCUT2D eigenvalue weighted by molar-refractivity contribution is 0.250. The number of benzene rings is 1. The van der Waals surface area contributed by atoms with Crippen LogP contribution in [0.4, 0.5) is 0 Å². The van der Waals surface area contributed by atoms with Crippen LogP contribution in [-0.2, 0) is 6.42 Å². The van der Waals surface area contributed by atoms with Crippen molar-refractivity contribution in [3.8, 4) is 17.0 Å². The van der Waals surface area contributed by atoms with Gasteiger partial charge in [0.15, 0.2) is 0 Å². The number of pyridine rings is 1. The lowest BCUT2D eigenvalue weighted by Gasteiger charge is -2.28. The maximum atomic E-state index is 5.77. The van der Waals surface area contributed by atoms with Crippen LogP contribution >= 0.6 is 0 Å². The highest BCUT2D eigenvalue weighted by Crippen LogP contribution is 2.34. The van der Waals surface area contributed by atoms with Gasteiger partial charge < -0.3 is 4.74 Å². The monoisotopic (exact) mass is 407 g/mol. The van der Waals surface area contributed by atoms with Crippen LogP contribution in [0.2, 0.25) is 0 Å². The molecule has 0 aliphatic heterocycles. The lowest BCUT2D eigenvalue weighted by atomic mass is 9.78. The van der Waals surface area contributed by atoms with Gasteiger partial charge in [-0.3, -0.25) is 4.98 Å². The zero-order valence-electron chi connectivity index (χ0n) is 19.2. The Bertz CT molecular complexity index is 698. The fourth-order valence-corrected chi connectivity index (χ4v) is 4.69. The van der Waals surface area contributed by atoms with Crippen LogP contribution in [0.3, 0.4) is 0 Å². The van der Waals surface area contributed by atoms with E-state index in [9.17, 15) is 0 Å². The highest BCUT2D eigenvalue weighted by atomic mass is 16.5. The molecule has 2 aromatic rings. The molecule has 2 nitrogen and oxygen atoms in total. The van der Waals surface area contributed by atoms with E-state index in [0.717, 1.165) is 36.3 Å². The zero-order valence-corrected chi connectivity index (χ0v) is 19.2. The van der Waals surface area contributed by atoms with E-state index in [2.05, 4.69) is 49.2 Å². The molecular weight excluding hydrogens is 366 g/mol. The molecule has 2 heteroatoms. The van der Waals surface area contributed by atoms with E-state index in [-0.39, 0.29) is 0 Å². The molecule has 0 N–H and O–H groups in total. The molecular formula is C28H41NO. The van der Waals surface area contributed by atoms with Crippen molar-refractivity contribution in [3.63, 3.8) is 0 Å². The number of rotatable bonds is 12. The second kappa shape index (κ2) is 12.8. The van der Waals surface area contributed by atoms with E-state index in [1.165, 1.54) is 81.8 Å². The first kappa shape index (κ1) is 22.8. The first-order chi connectivity index (χ1) is 14.8. The summed E-state index contributed by atoms with van der Waals surface area (Å²) < 4.78 is 5.77. The second-order valence-electron chi connectivity index (χ2n) is 9.20. The van der Waals surface area contributed by atoms with E-state index in [4.69, 9.17) is 4.74 Å². The third kappa shape index (κ3) is 7.45. The molecule has 164 valence electrons. The SMILES string of the molecule is CCCCCOc1ccc(-c2ccc(CCC3CCC(CCCC)CC3)cc2)nc1. The van der Waals surface area contributed by atoms with Crippen LogP contribution in [0.15, 0.2) is 42.6 Å². The van der Waals surface area contributed by atoms with Gasteiger partial charge in [-0.1, -0.05) is 95.9 Å². The van der Waals surface area contributed by atoms with Crippen molar-refractivity contribution in [1.29, 1.82) is 0 Å². The van der Waals surface area contributed by atoms with E-state index in [1.54, 1.807) is 0 Å². The highest BCUT2D eigenvalue weighted by molar-refractivity contribution is 5.59. The normalized spacial score (nSPS) is 19.0. The summed E-state index contributed by atoms with van der Waals surface area (Å²) >= 11 is 0. The summed E-state index contributed by atoms with van der Waals surface area (Å²) in [6.07, 6.45) is 18.0. The van der Waals surface area contributed by atoms with Crippen molar-refractivity contribution in [3.05, 3.63) is 48.2 Å². The molecule has 1 aromatic carbocycles. The topological polar surface area (TPSA) is 22.1 Å². The molecule has 3 rings (SSSR count). The third-order valence-electron chi connectivity index (χ3n) is 6.78. The van der Waals surface area contributed by atoms with E-state index >= 15 is 0 Å². The van der Waals surface area contributed by atoms with Crippen LogP contribution in [-0.4, -0.2) is 11.6 Å². The number of aromatic nitrogens is 1. The fourth-order valence-electron chi connectivity index (χ4n) is 4.69. The average molecular weight is 408 g/mol. The molecule has 0 saturated heterocycles. The zero-order chi connectivity index (χ0) is 21.0. The maximum absolute atomic E-state index is 5.77. The summed E-state index contributed by atoms with van der Waals surface area (Å²) in [5.41, 5.74) is 3.67. The summed E-state index contributed by atoms with van der Waals surface area (Å²) in [6, 6.07) is 13.1. The van der Waals surface area contributed by atoms with Crippen molar-refractivity contribution in [1.82, 2.24) is 4.98 Å². The predicted molar refractivity (Wildman–Crippen MR) is 128 cm³/mol. The number of ether oxygens (including phenoxy) is 1. The molecule has 30 heavy (non-hydrogen) atoms. The van der Waals surface area contributed by atoms with Crippen LogP contribution in [0.25, 0.3) is 11.3 Å². The second-order valence-corrected chi connectivity index (χ2v) is 9.20. The van der Waals surface area contributed by atoms with Gasteiger partial charge >= 0.3 is 0 Å². The maximum Gasteiger partial charge on any atom is 0.137 e. The number of unbranched alkanes of at least 4 members (excludes halogenated alkanes) is 3. The van der Waals surface area contributed by atoms with Gasteiger partial charge in [0.1, 0.15) is 5.75 Å². The Labute approximate surface area is 184 Å². The summed E-state index contributed by atoms with van der Waals surface area (Å²) in [7, 11) is 0. The Morgan fingerprint density at radius 1 is 0.800 bits per heavy atom. The number of hydrogen-bond donors (Lipinski definition) is 0. The largest absolute Gasteiger partial charge is 0.492 e. The number of nitrogens with zero attached hydrogens (tertiary/aromatic N) is 1. The molecule has 0 atom stereocenters. The van der Waals surface area contributed by atoms with Gasteiger partial charge in [-0.15, -0.1) is 0 Å². The molecule has 0 radical (unpaired) electrons. The van der Waals surface area contributed by atoms with Gasteiger partial charge in [0.2, 0.25) is 0 Å². The Morgan fingerprint density at radius 2 is 1.50 bits per heavy atom. The third-order valence-corrected chi connectivity index (χ3v) is 6.78. The highest BCUT2D eigenvalue weighted by Gasteiger charge is 2.20. The fraction of sp³-hybridized carbons (Fsp3) is 0.607. The molecule has 0 amide bonds. The van der Waals surface area contributed by atoms with Gasteiger partial charge in [0.25, 0.3) is 0 Å². The van der Waals surface area contributed by atoms with Crippen molar-refractivity contribution in [2.24, 2.45) is 11.8 Å². The molecule has 1 saturated carbocycles. The molecule has 1 aliphatic carbocycles. The summed E-state index contributed by atoms with van der Waals surface area (Å²) in [5.74, 6) is 2.83. The van der Waals surface area contributed by atoms with Gasteiger partial charge in [-0.05, 0) is 48.8 Å². The Hall–Kier alpha value is -1.83. The smallest absolute Gasteiger partial charge is 0.137 e. The first-order valence-corrected chi connectivity index (χ1v) is 12.5.